The van der Waals surface area contributed by atoms with Gasteiger partial charge in [-0.2, -0.15) is 0 Å². The molecule has 2 amide bonds. The van der Waals surface area contributed by atoms with Crippen LogP contribution in [0.5, 0.6) is 0 Å². The normalized spacial score (nSPS) is 19.1. The molecule has 1 aromatic carbocycles. The molecular formula is C24H38N4O4. The van der Waals surface area contributed by atoms with Gasteiger partial charge in [-0.3, -0.25) is 14.5 Å². The van der Waals surface area contributed by atoms with Gasteiger partial charge in [0.2, 0.25) is 0 Å². The molecule has 178 valence electrons. The second kappa shape index (κ2) is 12.9. The summed E-state index contributed by atoms with van der Waals surface area (Å²) in [5.74, 6) is -0.0257. The Hall–Kier alpha value is -2.00. The van der Waals surface area contributed by atoms with Crippen LogP contribution in [0.25, 0.3) is 0 Å². The van der Waals surface area contributed by atoms with Gasteiger partial charge in [0.05, 0.1) is 6.61 Å². The number of anilines is 1. The van der Waals surface area contributed by atoms with E-state index in [1.165, 1.54) is 12.8 Å². The fraction of sp³-hybridized carbons (Fsp3) is 0.667. The Kier molecular flexibility index (Phi) is 9.92. The lowest BCUT2D eigenvalue weighted by atomic mass is 10.0. The third-order valence-corrected chi connectivity index (χ3v) is 6.31. The molecule has 1 aromatic rings. The van der Waals surface area contributed by atoms with Crippen LogP contribution in [0.15, 0.2) is 18.2 Å². The molecule has 0 atom stereocenters. The van der Waals surface area contributed by atoms with E-state index in [4.69, 9.17) is 9.84 Å². The summed E-state index contributed by atoms with van der Waals surface area (Å²) < 4.78 is 5.12. The second-order valence-corrected chi connectivity index (χ2v) is 8.62. The molecule has 1 saturated heterocycles. The smallest absolute Gasteiger partial charge is 0.253 e. The summed E-state index contributed by atoms with van der Waals surface area (Å²) in [5, 5.41) is 12.6. The molecule has 0 unspecified atom stereocenters. The topological polar surface area (TPSA) is 85.4 Å². The highest BCUT2D eigenvalue weighted by Crippen LogP contribution is 2.25. The lowest BCUT2D eigenvalue weighted by Gasteiger charge is -2.34. The van der Waals surface area contributed by atoms with Crippen LogP contribution >= 0.6 is 0 Å². The minimum Gasteiger partial charge on any atom is -0.395 e. The predicted octanol–water partition coefficient (Wildman–Crippen LogP) is 1.47. The van der Waals surface area contributed by atoms with E-state index in [-0.39, 0.29) is 25.0 Å². The lowest BCUT2D eigenvalue weighted by molar-refractivity contribution is -0.122. The predicted molar refractivity (Wildman–Crippen MR) is 125 cm³/mol. The number of nitrogens with zero attached hydrogens (tertiary/aromatic N) is 3. The molecule has 32 heavy (non-hydrogen) atoms. The number of amides is 2. The quantitative estimate of drug-likeness (QED) is 0.713. The number of piperazine rings is 1. The SMILES string of the molecule is COCC(=O)N1CCCCCCCNCc2cc(C(=O)N3CCN(CCO)CC3)ccc21. The van der Waals surface area contributed by atoms with Crippen LogP contribution in [0, 0.1) is 0 Å². The van der Waals surface area contributed by atoms with Gasteiger partial charge >= 0.3 is 0 Å². The van der Waals surface area contributed by atoms with Crippen molar-refractivity contribution in [3.8, 4) is 0 Å². The Morgan fingerprint density at radius 1 is 1.03 bits per heavy atom. The number of methoxy groups -OCH3 is 1. The Morgan fingerprint density at radius 3 is 2.53 bits per heavy atom. The third kappa shape index (κ3) is 6.75. The summed E-state index contributed by atoms with van der Waals surface area (Å²) in [6.07, 6.45) is 5.57. The number of carbonyl (C=O) groups is 2. The summed E-state index contributed by atoms with van der Waals surface area (Å²) in [4.78, 5) is 31.9. The highest BCUT2D eigenvalue weighted by Gasteiger charge is 2.24. The van der Waals surface area contributed by atoms with E-state index < -0.39 is 0 Å². The maximum absolute atomic E-state index is 13.2. The monoisotopic (exact) mass is 446 g/mol. The number of rotatable bonds is 5. The Labute approximate surface area is 191 Å². The third-order valence-electron chi connectivity index (χ3n) is 6.31. The van der Waals surface area contributed by atoms with E-state index in [9.17, 15) is 9.59 Å². The summed E-state index contributed by atoms with van der Waals surface area (Å²) in [7, 11) is 1.54. The summed E-state index contributed by atoms with van der Waals surface area (Å²) in [5.41, 5.74) is 2.50. The molecule has 1 fully saturated rings. The van der Waals surface area contributed by atoms with Crippen LogP contribution in [-0.4, -0.2) is 92.9 Å². The molecule has 2 aliphatic heterocycles. The zero-order valence-electron chi connectivity index (χ0n) is 19.4. The zero-order chi connectivity index (χ0) is 22.8. The van der Waals surface area contributed by atoms with Gasteiger partial charge in [0.1, 0.15) is 6.61 Å². The van der Waals surface area contributed by atoms with Crippen molar-refractivity contribution in [2.75, 3.05) is 71.0 Å². The first kappa shape index (κ1) is 24.6. The summed E-state index contributed by atoms with van der Waals surface area (Å²) >= 11 is 0. The average molecular weight is 447 g/mol. The molecular weight excluding hydrogens is 408 g/mol. The van der Waals surface area contributed by atoms with Crippen LogP contribution < -0.4 is 10.2 Å². The average Bonchev–Trinajstić information content (AvgIpc) is 2.80. The van der Waals surface area contributed by atoms with Crippen molar-refractivity contribution in [3.63, 3.8) is 0 Å². The van der Waals surface area contributed by atoms with E-state index in [0.717, 1.165) is 50.1 Å². The fourth-order valence-electron chi connectivity index (χ4n) is 4.48. The number of benzene rings is 1. The Bertz CT molecular complexity index is 750. The highest BCUT2D eigenvalue weighted by molar-refractivity contribution is 5.98. The number of carbonyl (C=O) groups excluding carboxylic acids is 2. The lowest BCUT2D eigenvalue weighted by Crippen LogP contribution is -2.49. The molecule has 2 aliphatic rings. The minimum atomic E-state index is -0.0510. The van der Waals surface area contributed by atoms with Gasteiger partial charge in [-0.15, -0.1) is 0 Å². The summed E-state index contributed by atoms with van der Waals surface area (Å²) in [6.45, 7) is 5.92. The largest absolute Gasteiger partial charge is 0.395 e. The number of β-amino-alcohol motifs (C(OH)–C–C–N with tert-alkyl or cyclic N) is 1. The second-order valence-electron chi connectivity index (χ2n) is 8.62. The standard InChI is InChI=1S/C24H38N4O4/c1-32-19-23(30)28-10-6-4-2-3-5-9-25-18-21-17-20(7-8-22(21)28)24(31)27-13-11-26(12-14-27)15-16-29/h7-8,17,25,29H,2-6,9-16,18-19H2,1H3. The van der Waals surface area contributed by atoms with Crippen molar-refractivity contribution >= 4 is 17.5 Å². The number of ether oxygens (including phenoxy) is 1. The molecule has 0 aliphatic carbocycles. The maximum Gasteiger partial charge on any atom is 0.253 e. The zero-order valence-corrected chi connectivity index (χ0v) is 19.4. The Morgan fingerprint density at radius 2 is 1.78 bits per heavy atom. The number of hydrogen-bond acceptors (Lipinski definition) is 6. The van der Waals surface area contributed by atoms with Crippen LogP contribution in [0.2, 0.25) is 0 Å². The first-order valence-electron chi connectivity index (χ1n) is 11.9. The number of fused-ring (bicyclic) bond motifs is 1. The van der Waals surface area contributed by atoms with E-state index in [0.29, 0.717) is 38.3 Å². The van der Waals surface area contributed by atoms with Crippen molar-refractivity contribution in [1.29, 1.82) is 0 Å². The molecule has 0 bridgehead atoms. The van der Waals surface area contributed by atoms with Gasteiger partial charge in [0.15, 0.2) is 0 Å². The fourth-order valence-corrected chi connectivity index (χ4v) is 4.48. The van der Waals surface area contributed by atoms with Crippen molar-refractivity contribution in [3.05, 3.63) is 29.3 Å². The van der Waals surface area contributed by atoms with Gasteiger partial charge in [0, 0.05) is 64.2 Å². The maximum atomic E-state index is 13.2. The van der Waals surface area contributed by atoms with Gasteiger partial charge in [0.25, 0.3) is 11.8 Å². The van der Waals surface area contributed by atoms with Crippen molar-refractivity contribution in [2.45, 2.75) is 38.6 Å². The van der Waals surface area contributed by atoms with Gasteiger partial charge in [-0.05, 0) is 43.1 Å². The molecule has 8 nitrogen and oxygen atoms in total. The summed E-state index contributed by atoms with van der Waals surface area (Å²) in [6, 6.07) is 5.72. The number of aliphatic hydroxyl groups is 1. The minimum absolute atomic E-state index is 0.0253. The van der Waals surface area contributed by atoms with E-state index in [2.05, 4.69) is 10.2 Å². The van der Waals surface area contributed by atoms with Crippen LogP contribution in [-0.2, 0) is 16.1 Å². The van der Waals surface area contributed by atoms with Crippen molar-refractivity contribution in [2.24, 2.45) is 0 Å². The molecule has 8 heteroatoms. The van der Waals surface area contributed by atoms with Crippen LogP contribution in [0.3, 0.4) is 0 Å². The molecule has 3 rings (SSSR count). The molecule has 0 saturated carbocycles. The molecule has 0 radical (unpaired) electrons. The van der Waals surface area contributed by atoms with Crippen LogP contribution in [0.1, 0.15) is 48.0 Å². The first-order chi connectivity index (χ1) is 15.6. The van der Waals surface area contributed by atoms with E-state index in [1.807, 2.05) is 28.0 Å². The molecule has 0 aromatic heterocycles. The number of hydrogen-bond donors (Lipinski definition) is 2. The van der Waals surface area contributed by atoms with Gasteiger partial charge in [-0.1, -0.05) is 19.3 Å². The molecule has 0 spiro atoms. The van der Waals surface area contributed by atoms with E-state index >= 15 is 0 Å². The van der Waals surface area contributed by atoms with Crippen molar-refractivity contribution < 1.29 is 19.4 Å². The van der Waals surface area contributed by atoms with E-state index in [1.54, 1.807) is 7.11 Å². The van der Waals surface area contributed by atoms with Gasteiger partial charge < -0.3 is 25.0 Å². The Balaban J connectivity index is 1.81. The van der Waals surface area contributed by atoms with Crippen LogP contribution in [0.4, 0.5) is 5.69 Å². The molecule has 2 N–H and O–H groups in total. The number of aliphatic hydroxyl groups excluding tert-OH is 1. The first-order valence-corrected chi connectivity index (χ1v) is 11.9. The molecule has 2 heterocycles. The number of nitrogens with one attached hydrogen (secondary N) is 1. The highest BCUT2D eigenvalue weighted by atomic mass is 16.5. The van der Waals surface area contributed by atoms with Crippen molar-refractivity contribution in [1.82, 2.24) is 15.1 Å². The van der Waals surface area contributed by atoms with Gasteiger partial charge in [-0.25, -0.2) is 0 Å².